The number of aromatic nitrogens is 2. The second kappa shape index (κ2) is 13.3. The number of sulfonamides is 1. The number of nitrogens with zero attached hydrogens (tertiary/aromatic N) is 5. The van der Waals surface area contributed by atoms with E-state index < -0.39 is 10.0 Å². The van der Waals surface area contributed by atoms with Gasteiger partial charge in [-0.15, -0.1) is 0 Å². The standard InChI is InChI=1S/C29H39BN8O3S/c1-4-41-26-19-22(37-13-11-21(12-14-37)38-17-15-36(3)16-18-38)9-10-24(26)34-29-32-20-23(30)28(35-29)33-25-7-5-6-8-27(25)42(39,40)31-2/h5-10,19-21,31H,4,11-18H2,1-3H3,(H2,32,33,34,35). The molecule has 2 saturated heterocycles. The van der Waals surface area contributed by atoms with E-state index in [0.717, 1.165) is 63.5 Å². The molecule has 2 fully saturated rings. The summed E-state index contributed by atoms with van der Waals surface area (Å²) in [5, 5.41) is 6.30. The lowest BCUT2D eigenvalue weighted by atomic mass is 9.99. The Labute approximate surface area is 250 Å². The minimum Gasteiger partial charge on any atom is -0.492 e. The van der Waals surface area contributed by atoms with E-state index in [1.54, 1.807) is 18.2 Å². The van der Waals surface area contributed by atoms with Crippen molar-refractivity contribution in [2.45, 2.75) is 30.7 Å². The summed E-state index contributed by atoms with van der Waals surface area (Å²) < 4.78 is 33.3. The Morgan fingerprint density at radius 3 is 2.45 bits per heavy atom. The molecule has 3 N–H and O–H groups in total. The maximum Gasteiger partial charge on any atom is 0.242 e. The third kappa shape index (κ3) is 6.97. The Morgan fingerprint density at radius 2 is 1.74 bits per heavy atom. The van der Waals surface area contributed by atoms with Crippen molar-refractivity contribution in [2.24, 2.45) is 0 Å². The number of piperazine rings is 1. The molecule has 42 heavy (non-hydrogen) atoms. The number of piperidine rings is 1. The van der Waals surface area contributed by atoms with Crippen molar-refractivity contribution < 1.29 is 13.2 Å². The molecular weight excluding hydrogens is 551 g/mol. The maximum absolute atomic E-state index is 12.5. The van der Waals surface area contributed by atoms with Crippen molar-refractivity contribution >= 4 is 52.2 Å². The first-order chi connectivity index (χ1) is 20.3. The number of rotatable bonds is 10. The molecule has 5 rings (SSSR count). The predicted molar refractivity (Wildman–Crippen MR) is 169 cm³/mol. The fourth-order valence-electron chi connectivity index (χ4n) is 5.48. The van der Waals surface area contributed by atoms with Gasteiger partial charge >= 0.3 is 0 Å². The molecule has 13 heteroatoms. The van der Waals surface area contributed by atoms with Crippen molar-refractivity contribution in [3.63, 3.8) is 0 Å². The van der Waals surface area contributed by atoms with Crippen LogP contribution in [0, 0.1) is 0 Å². The van der Waals surface area contributed by atoms with E-state index in [2.05, 4.69) is 59.2 Å². The monoisotopic (exact) mass is 590 g/mol. The van der Waals surface area contributed by atoms with Crippen molar-refractivity contribution in [3.8, 4) is 5.75 Å². The number of likely N-dealkylation sites (N-methyl/N-ethyl adjacent to an activating group) is 1. The highest BCUT2D eigenvalue weighted by Crippen LogP contribution is 2.33. The average molecular weight is 591 g/mol. The van der Waals surface area contributed by atoms with Gasteiger partial charge < -0.3 is 25.2 Å². The topological polar surface area (TPSA) is 115 Å². The molecule has 11 nitrogen and oxygen atoms in total. The number of nitrogens with one attached hydrogen (secondary N) is 3. The zero-order chi connectivity index (χ0) is 29.7. The zero-order valence-corrected chi connectivity index (χ0v) is 25.3. The molecule has 222 valence electrons. The minimum atomic E-state index is -3.69. The Bertz CT molecular complexity index is 1480. The van der Waals surface area contributed by atoms with E-state index in [1.165, 1.54) is 19.3 Å². The van der Waals surface area contributed by atoms with Gasteiger partial charge in [-0.1, -0.05) is 12.1 Å². The molecular formula is C29H39BN8O3S. The first kappa shape index (κ1) is 30.1. The summed E-state index contributed by atoms with van der Waals surface area (Å²) in [6, 6.07) is 13.3. The lowest BCUT2D eigenvalue weighted by Crippen LogP contribution is -2.52. The van der Waals surface area contributed by atoms with E-state index in [9.17, 15) is 8.42 Å². The van der Waals surface area contributed by atoms with Crippen LogP contribution in [0.3, 0.4) is 0 Å². The van der Waals surface area contributed by atoms with Gasteiger partial charge in [0.2, 0.25) is 16.0 Å². The van der Waals surface area contributed by atoms with Crippen molar-refractivity contribution in [1.29, 1.82) is 0 Å². The number of ether oxygens (including phenoxy) is 1. The SMILES string of the molecule is [B]c1cnc(Nc2ccc(N3CCC(N4CCN(C)CC4)CC3)cc2OCC)nc1Nc1ccccc1S(=O)(=O)NC. The summed E-state index contributed by atoms with van der Waals surface area (Å²) in [6.07, 6.45) is 3.79. The molecule has 2 aliphatic heterocycles. The van der Waals surface area contributed by atoms with Crippen LogP contribution in [0.5, 0.6) is 5.75 Å². The van der Waals surface area contributed by atoms with Crippen LogP contribution in [0.2, 0.25) is 0 Å². The highest BCUT2D eigenvalue weighted by Gasteiger charge is 2.27. The Morgan fingerprint density at radius 1 is 1.00 bits per heavy atom. The largest absolute Gasteiger partial charge is 0.492 e. The normalized spacial score (nSPS) is 17.3. The maximum atomic E-state index is 12.5. The van der Waals surface area contributed by atoms with Gasteiger partial charge in [0, 0.05) is 63.3 Å². The number of hydrogen-bond donors (Lipinski definition) is 3. The van der Waals surface area contributed by atoms with Crippen molar-refractivity contribution in [3.05, 3.63) is 48.7 Å². The van der Waals surface area contributed by atoms with Gasteiger partial charge in [0.05, 0.1) is 18.0 Å². The summed E-state index contributed by atoms with van der Waals surface area (Å²) in [6.45, 7) is 9.09. The van der Waals surface area contributed by atoms with Gasteiger partial charge in [0.1, 0.15) is 24.3 Å². The van der Waals surface area contributed by atoms with Crippen LogP contribution < -0.4 is 30.5 Å². The third-order valence-electron chi connectivity index (χ3n) is 7.91. The Hall–Kier alpha value is -3.39. The van der Waals surface area contributed by atoms with Gasteiger partial charge in [0.25, 0.3) is 0 Å². The van der Waals surface area contributed by atoms with E-state index in [0.29, 0.717) is 30.0 Å². The molecule has 1 aromatic heterocycles. The minimum absolute atomic E-state index is 0.0850. The van der Waals surface area contributed by atoms with Crippen LogP contribution in [0.25, 0.3) is 0 Å². The zero-order valence-electron chi connectivity index (χ0n) is 24.5. The second-order valence-electron chi connectivity index (χ2n) is 10.6. The van der Waals surface area contributed by atoms with Gasteiger partial charge in [-0.05, 0) is 63.6 Å². The van der Waals surface area contributed by atoms with Gasteiger partial charge in [-0.25, -0.2) is 18.1 Å². The molecule has 0 bridgehead atoms. The van der Waals surface area contributed by atoms with Crippen molar-refractivity contribution in [1.82, 2.24) is 24.5 Å². The van der Waals surface area contributed by atoms with E-state index in [1.807, 2.05) is 13.0 Å². The molecule has 2 aromatic carbocycles. The fourth-order valence-corrected chi connectivity index (χ4v) is 6.36. The molecule has 0 atom stereocenters. The molecule has 2 radical (unpaired) electrons. The summed E-state index contributed by atoms with van der Waals surface area (Å²) in [5.41, 5.74) is 2.47. The Kier molecular flexibility index (Phi) is 9.51. The van der Waals surface area contributed by atoms with E-state index in [4.69, 9.17) is 12.6 Å². The molecule has 0 unspecified atom stereocenters. The van der Waals surface area contributed by atoms with Gasteiger partial charge in [-0.2, -0.15) is 4.98 Å². The van der Waals surface area contributed by atoms with Crippen LogP contribution in [0.1, 0.15) is 19.8 Å². The molecule has 0 amide bonds. The molecule has 2 aliphatic rings. The summed E-state index contributed by atoms with van der Waals surface area (Å²) >= 11 is 0. The molecule has 0 spiro atoms. The molecule has 3 heterocycles. The van der Waals surface area contributed by atoms with Gasteiger partial charge in [0.15, 0.2) is 0 Å². The first-order valence-corrected chi connectivity index (χ1v) is 15.9. The number of para-hydroxylation sites is 1. The summed E-state index contributed by atoms with van der Waals surface area (Å²) in [4.78, 5) is 16.5. The molecule has 0 aliphatic carbocycles. The predicted octanol–water partition coefficient (Wildman–Crippen LogP) is 2.28. The fraction of sp³-hybridized carbons (Fsp3) is 0.448. The van der Waals surface area contributed by atoms with E-state index >= 15 is 0 Å². The highest BCUT2D eigenvalue weighted by molar-refractivity contribution is 7.89. The Balaban J connectivity index is 1.30. The number of benzene rings is 2. The molecule has 0 saturated carbocycles. The first-order valence-electron chi connectivity index (χ1n) is 14.4. The quantitative estimate of drug-likeness (QED) is 0.304. The van der Waals surface area contributed by atoms with Crippen LogP contribution in [-0.2, 0) is 10.0 Å². The highest BCUT2D eigenvalue weighted by atomic mass is 32.2. The molecule has 3 aromatic rings. The smallest absolute Gasteiger partial charge is 0.242 e. The van der Waals surface area contributed by atoms with Crippen LogP contribution in [-0.4, -0.2) is 102 Å². The lowest BCUT2D eigenvalue weighted by Gasteiger charge is -2.42. The average Bonchev–Trinajstić information content (AvgIpc) is 3.00. The number of anilines is 5. The third-order valence-corrected chi connectivity index (χ3v) is 9.38. The van der Waals surface area contributed by atoms with Crippen LogP contribution in [0.4, 0.5) is 28.8 Å². The second-order valence-corrected chi connectivity index (χ2v) is 12.5. The lowest BCUT2D eigenvalue weighted by molar-refractivity contribution is 0.0982. The number of hydrogen-bond acceptors (Lipinski definition) is 10. The van der Waals surface area contributed by atoms with E-state index in [-0.39, 0.29) is 16.2 Å². The van der Waals surface area contributed by atoms with Crippen LogP contribution >= 0.6 is 0 Å². The summed E-state index contributed by atoms with van der Waals surface area (Å²) in [5.74, 6) is 1.28. The van der Waals surface area contributed by atoms with Gasteiger partial charge in [-0.3, -0.25) is 4.90 Å². The van der Waals surface area contributed by atoms with Crippen LogP contribution in [0.15, 0.2) is 53.6 Å². The summed E-state index contributed by atoms with van der Waals surface area (Å²) in [7, 11) is 6.02. The van der Waals surface area contributed by atoms with Crippen molar-refractivity contribution in [2.75, 3.05) is 75.5 Å².